The molecule has 152 valence electrons. The zero-order valence-electron chi connectivity index (χ0n) is 15.6. The van der Waals surface area contributed by atoms with Crippen molar-refractivity contribution in [1.29, 1.82) is 0 Å². The van der Waals surface area contributed by atoms with E-state index < -0.39 is 6.04 Å². The van der Waals surface area contributed by atoms with E-state index in [2.05, 4.69) is 10.6 Å². The highest BCUT2D eigenvalue weighted by Gasteiger charge is 2.25. The number of para-hydroxylation sites is 1. The summed E-state index contributed by atoms with van der Waals surface area (Å²) in [6, 6.07) is 18.0. The fourth-order valence-corrected chi connectivity index (χ4v) is 3.74. The smallest absolute Gasteiger partial charge is 0.261 e. The fraction of sp³-hybridized carbons (Fsp3) is 0.182. The molecule has 1 aliphatic rings. The van der Waals surface area contributed by atoms with Gasteiger partial charge in [-0.05, 0) is 42.0 Å². The number of hydrogen-bond donors (Lipinski definition) is 2. The molecule has 0 fully saturated rings. The SMILES string of the molecule is O=C(NC(CCc1ccccc1)C(=O)Nc1cccc2c1OCO2)c1cccs1.[HH].[HH]. The summed E-state index contributed by atoms with van der Waals surface area (Å²) >= 11 is 1.34. The van der Waals surface area contributed by atoms with Crippen molar-refractivity contribution in [3.05, 3.63) is 76.5 Å². The van der Waals surface area contributed by atoms with Crippen LogP contribution in [0.25, 0.3) is 0 Å². The van der Waals surface area contributed by atoms with E-state index in [1.165, 1.54) is 11.3 Å². The third kappa shape index (κ3) is 4.57. The standard InChI is InChI=1S/C22H20N2O4S.2H2/c25-21(23-16-8-4-9-18-20(16)28-14-27-18)17(12-11-15-6-2-1-3-7-15)24-22(26)19-10-5-13-29-19;;/h1-10,13,17H,11-12,14H2,(H,23,25)(H,24,26);2*1H. The lowest BCUT2D eigenvalue weighted by Crippen LogP contribution is -2.44. The van der Waals surface area contributed by atoms with Crippen LogP contribution in [-0.2, 0) is 11.2 Å². The second-order valence-electron chi connectivity index (χ2n) is 6.56. The first-order chi connectivity index (χ1) is 14.2. The number of benzene rings is 2. The van der Waals surface area contributed by atoms with Crippen molar-refractivity contribution in [3.63, 3.8) is 0 Å². The monoisotopic (exact) mass is 412 g/mol. The number of amides is 2. The van der Waals surface area contributed by atoms with Gasteiger partial charge in [-0.1, -0.05) is 42.5 Å². The molecule has 0 radical (unpaired) electrons. The summed E-state index contributed by atoms with van der Waals surface area (Å²) in [6.07, 6.45) is 1.13. The molecular formula is C22H24N2O4S. The summed E-state index contributed by atoms with van der Waals surface area (Å²) in [5.41, 5.74) is 1.63. The van der Waals surface area contributed by atoms with Crippen molar-refractivity contribution in [3.8, 4) is 11.5 Å². The highest BCUT2D eigenvalue weighted by molar-refractivity contribution is 7.12. The molecule has 2 aromatic carbocycles. The maximum atomic E-state index is 13.0. The van der Waals surface area contributed by atoms with E-state index in [4.69, 9.17) is 9.47 Å². The molecule has 2 N–H and O–H groups in total. The lowest BCUT2D eigenvalue weighted by atomic mass is 10.0. The number of carbonyl (C=O) groups excluding carboxylic acids is 2. The normalized spacial score (nSPS) is 13.0. The molecule has 1 atom stereocenters. The summed E-state index contributed by atoms with van der Waals surface area (Å²) in [7, 11) is 0. The Bertz CT molecular complexity index is 1000. The molecule has 3 aromatic rings. The van der Waals surface area contributed by atoms with Gasteiger partial charge in [0.15, 0.2) is 11.5 Å². The summed E-state index contributed by atoms with van der Waals surface area (Å²) in [6.45, 7) is 0.120. The highest BCUT2D eigenvalue weighted by Crippen LogP contribution is 2.38. The second kappa shape index (κ2) is 8.79. The number of aryl methyl sites for hydroxylation is 1. The number of rotatable bonds is 7. The van der Waals surface area contributed by atoms with E-state index in [0.29, 0.717) is 34.9 Å². The Morgan fingerprint density at radius 3 is 2.69 bits per heavy atom. The zero-order valence-corrected chi connectivity index (χ0v) is 16.4. The average molecular weight is 413 g/mol. The van der Waals surface area contributed by atoms with Gasteiger partial charge in [-0.25, -0.2) is 0 Å². The number of anilines is 1. The quantitative estimate of drug-likeness (QED) is 0.605. The number of ether oxygens (including phenoxy) is 2. The third-order valence-corrected chi connectivity index (χ3v) is 5.45. The van der Waals surface area contributed by atoms with Crippen LogP contribution in [0.1, 0.15) is 24.5 Å². The number of hydrogen-bond acceptors (Lipinski definition) is 5. The molecule has 0 bridgehead atoms. The van der Waals surface area contributed by atoms with Gasteiger partial charge >= 0.3 is 0 Å². The predicted octanol–water partition coefficient (Wildman–Crippen LogP) is 4.34. The first-order valence-corrected chi connectivity index (χ1v) is 10.2. The first-order valence-electron chi connectivity index (χ1n) is 9.28. The van der Waals surface area contributed by atoms with Crippen LogP contribution in [0.15, 0.2) is 66.0 Å². The molecule has 1 aliphatic heterocycles. The predicted molar refractivity (Wildman–Crippen MR) is 116 cm³/mol. The van der Waals surface area contributed by atoms with Crippen molar-refractivity contribution in [2.24, 2.45) is 0 Å². The van der Waals surface area contributed by atoms with Gasteiger partial charge in [0.05, 0.1) is 10.6 Å². The van der Waals surface area contributed by atoms with Gasteiger partial charge < -0.3 is 20.1 Å². The average Bonchev–Trinajstić information content (AvgIpc) is 3.44. The Morgan fingerprint density at radius 1 is 1.03 bits per heavy atom. The van der Waals surface area contributed by atoms with Gasteiger partial charge in [-0.2, -0.15) is 0 Å². The van der Waals surface area contributed by atoms with Crippen LogP contribution < -0.4 is 20.1 Å². The number of thiophene rings is 1. The van der Waals surface area contributed by atoms with E-state index in [-0.39, 0.29) is 21.5 Å². The summed E-state index contributed by atoms with van der Waals surface area (Å²) in [4.78, 5) is 26.1. The van der Waals surface area contributed by atoms with Gasteiger partial charge in [-0.15, -0.1) is 11.3 Å². The molecule has 7 heteroatoms. The second-order valence-corrected chi connectivity index (χ2v) is 7.50. The van der Waals surface area contributed by atoms with E-state index in [1.807, 2.05) is 41.8 Å². The fourth-order valence-electron chi connectivity index (χ4n) is 3.11. The zero-order chi connectivity index (χ0) is 20.1. The van der Waals surface area contributed by atoms with Crippen LogP contribution in [0.3, 0.4) is 0 Å². The molecule has 1 unspecified atom stereocenters. The molecular weight excluding hydrogens is 388 g/mol. The minimum atomic E-state index is -0.692. The van der Waals surface area contributed by atoms with Crippen LogP contribution in [0.2, 0.25) is 0 Å². The van der Waals surface area contributed by atoms with Crippen molar-refractivity contribution < 1.29 is 21.9 Å². The maximum absolute atomic E-state index is 13.0. The Balaban J connectivity index is 0.00000171. The van der Waals surface area contributed by atoms with Crippen LogP contribution >= 0.6 is 11.3 Å². The Morgan fingerprint density at radius 2 is 1.90 bits per heavy atom. The number of carbonyl (C=O) groups is 2. The topological polar surface area (TPSA) is 76.7 Å². The third-order valence-electron chi connectivity index (χ3n) is 4.59. The molecule has 1 aromatic heterocycles. The minimum absolute atomic E-state index is 0. The highest BCUT2D eigenvalue weighted by atomic mass is 32.1. The van der Waals surface area contributed by atoms with E-state index in [1.54, 1.807) is 24.3 Å². The Hall–Kier alpha value is -3.32. The minimum Gasteiger partial charge on any atom is -0.454 e. The lowest BCUT2D eigenvalue weighted by Gasteiger charge is -2.19. The number of fused-ring (bicyclic) bond motifs is 1. The van der Waals surface area contributed by atoms with Crippen molar-refractivity contribution >= 4 is 28.8 Å². The summed E-state index contributed by atoms with van der Waals surface area (Å²) in [5.74, 6) is 0.541. The van der Waals surface area contributed by atoms with Gasteiger partial charge in [0, 0.05) is 2.85 Å². The van der Waals surface area contributed by atoms with E-state index >= 15 is 0 Å². The van der Waals surface area contributed by atoms with Crippen LogP contribution in [0.4, 0.5) is 5.69 Å². The van der Waals surface area contributed by atoms with Gasteiger partial charge in [0.2, 0.25) is 12.7 Å². The molecule has 0 spiro atoms. The van der Waals surface area contributed by atoms with Gasteiger partial charge in [-0.3, -0.25) is 9.59 Å². The molecule has 4 rings (SSSR count). The van der Waals surface area contributed by atoms with Crippen molar-refractivity contribution in [2.45, 2.75) is 18.9 Å². The maximum Gasteiger partial charge on any atom is 0.261 e. The van der Waals surface area contributed by atoms with Crippen LogP contribution in [0, 0.1) is 0 Å². The largest absolute Gasteiger partial charge is 0.454 e. The van der Waals surface area contributed by atoms with Gasteiger partial charge in [0.1, 0.15) is 6.04 Å². The first kappa shape index (κ1) is 19.0. The molecule has 2 heterocycles. The summed E-state index contributed by atoms with van der Waals surface area (Å²) < 4.78 is 10.8. The van der Waals surface area contributed by atoms with Crippen LogP contribution in [-0.4, -0.2) is 24.6 Å². The molecule has 0 saturated carbocycles. The van der Waals surface area contributed by atoms with Gasteiger partial charge in [0.25, 0.3) is 5.91 Å². The lowest BCUT2D eigenvalue weighted by molar-refractivity contribution is -0.118. The summed E-state index contributed by atoms with van der Waals surface area (Å²) in [5, 5.41) is 7.57. The van der Waals surface area contributed by atoms with E-state index in [0.717, 1.165) is 5.56 Å². The Labute approximate surface area is 175 Å². The molecule has 29 heavy (non-hydrogen) atoms. The molecule has 2 amide bonds. The van der Waals surface area contributed by atoms with E-state index in [9.17, 15) is 9.59 Å². The van der Waals surface area contributed by atoms with Crippen LogP contribution in [0.5, 0.6) is 11.5 Å². The molecule has 6 nitrogen and oxygen atoms in total. The van der Waals surface area contributed by atoms with Crippen molar-refractivity contribution in [2.75, 3.05) is 12.1 Å². The Kier molecular flexibility index (Phi) is 5.76. The van der Waals surface area contributed by atoms with Crippen molar-refractivity contribution in [1.82, 2.24) is 5.32 Å². The molecule has 0 aliphatic carbocycles. The molecule has 0 saturated heterocycles. The number of nitrogens with one attached hydrogen (secondary N) is 2.